The molecule has 17 nitrogen and oxygen atoms in total. The maximum Gasteiger partial charge on any atom is 0.329 e. The highest BCUT2D eigenvalue weighted by Gasteiger charge is 2.53. The molecule has 15 atom stereocenters. The number of amides is 1. The fourth-order valence-corrected chi connectivity index (χ4v) is 10.6. The Morgan fingerprint density at radius 1 is 0.928 bits per heavy atom. The number of aliphatic hydroxyl groups excluding tert-OH is 1. The quantitative estimate of drug-likeness (QED) is 0.181. The Labute approximate surface area is 412 Å². The summed E-state index contributed by atoms with van der Waals surface area (Å²) in [5, 5.41) is 35.2. The maximum absolute atomic E-state index is 14.5. The predicted molar refractivity (Wildman–Crippen MR) is 256 cm³/mol. The summed E-state index contributed by atoms with van der Waals surface area (Å²) in [4.78, 5) is 72.5. The standard InChI is InChI=1S/C52H79N5O12/c1-31-16-12-11-13-17-32(2)43(65-8)28-39-21-19-37(7)52(64,69-39)49(61)50(62)56-23-15-14-18-41(56)51(63)68-44(34(4)26-38-20-22-40(45(27-38)66-9)57-30-53-54-55-57)29-42(58)33(3)25-36(6)47(60)48(67-10)46(59)35(5)24-31/h11-13,16-17,25,30-31,33-35,37-41,43-45,47-48,60,64H,14-15,18-24,26-29H2,1-10H3/b13-11?,16-12+,32-17?,36-25+/t31-,33-,34-,35-,37-,38+,39+,40+,41+,43+,44+,45-,47-,48+,52-/m1/s1/i8D3. The number of esters is 1. The first-order chi connectivity index (χ1) is 34.0. The van der Waals surface area contributed by atoms with Crippen LogP contribution in [0.25, 0.3) is 0 Å². The Kier molecular flexibility index (Phi) is 19.1. The third-order valence-electron chi connectivity index (χ3n) is 15.0. The molecule has 17 heteroatoms. The first kappa shape index (κ1) is 51.1. The number of aromatic nitrogens is 4. The van der Waals surface area contributed by atoms with E-state index in [-0.39, 0.29) is 73.7 Å². The zero-order valence-electron chi connectivity index (χ0n) is 45.0. The molecule has 3 aliphatic heterocycles. The maximum atomic E-state index is 14.5. The largest absolute Gasteiger partial charge is 0.460 e. The Bertz CT molecular complexity index is 2130. The van der Waals surface area contributed by atoms with Crippen LogP contribution in [-0.2, 0) is 47.7 Å². The van der Waals surface area contributed by atoms with Crippen molar-refractivity contribution in [3.63, 3.8) is 0 Å². The molecule has 4 aliphatic rings. The van der Waals surface area contributed by atoms with Crippen LogP contribution in [0.15, 0.2) is 53.9 Å². The number of fused-ring (bicyclic) bond motifs is 3. The van der Waals surface area contributed by atoms with E-state index in [0.717, 1.165) is 17.7 Å². The Morgan fingerprint density at radius 2 is 1.70 bits per heavy atom. The highest BCUT2D eigenvalue weighted by molar-refractivity contribution is 6.39. The molecule has 1 amide bonds. The molecule has 384 valence electrons. The molecule has 1 aliphatic carbocycles. The molecule has 0 radical (unpaired) electrons. The van der Waals surface area contributed by atoms with E-state index in [0.29, 0.717) is 49.7 Å². The SMILES string of the molecule is [2H]C([2H])([2H])O[C@H]1C[C@@H]2CC[C@@H](C)[C@@](O)(O2)C(=O)C(=O)N2CCCC[C@H]2C(=O)O[C@H]([C@H](C)C[C@@H]2CC[C@H](n3cnnn3)[C@H](OC)C2)CC(=O)[C@H](C)/C=C(\C)[C@@H](O)[C@@H](OC)C(=O)[C@H](C)C[C@H](C)/C=C/C=CC=C1C. The topological polar surface area (TPSA) is 219 Å². The van der Waals surface area contributed by atoms with Gasteiger partial charge < -0.3 is 38.8 Å². The average molecular weight is 969 g/mol. The molecule has 2 bridgehead atoms. The number of carbonyl (C=O) groups excluding carboxylic acids is 5. The van der Waals surface area contributed by atoms with Crippen LogP contribution in [-0.4, -0.2) is 141 Å². The van der Waals surface area contributed by atoms with E-state index in [2.05, 4.69) is 15.5 Å². The van der Waals surface area contributed by atoms with Gasteiger partial charge in [0, 0.05) is 58.4 Å². The number of allylic oxidation sites excluding steroid dienone is 6. The van der Waals surface area contributed by atoms with Gasteiger partial charge >= 0.3 is 5.97 Å². The number of cyclic esters (lactones) is 1. The van der Waals surface area contributed by atoms with Crippen LogP contribution in [0, 0.1) is 35.5 Å². The Balaban J connectivity index is 1.48. The molecule has 0 unspecified atom stereocenters. The Hall–Kier alpha value is -4.26. The van der Waals surface area contributed by atoms with Crippen LogP contribution >= 0.6 is 0 Å². The van der Waals surface area contributed by atoms with E-state index in [1.54, 1.807) is 77.0 Å². The Morgan fingerprint density at radius 3 is 2.39 bits per heavy atom. The van der Waals surface area contributed by atoms with Gasteiger partial charge in [0.2, 0.25) is 5.79 Å². The lowest BCUT2D eigenvalue weighted by molar-refractivity contribution is -0.265. The molecule has 5 rings (SSSR count). The van der Waals surface area contributed by atoms with Crippen molar-refractivity contribution in [2.75, 3.05) is 27.8 Å². The number of ketones is 3. The van der Waals surface area contributed by atoms with Crippen molar-refractivity contribution in [3.8, 4) is 0 Å². The van der Waals surface area contributed by atoms with Crippen molar-refractivity contribution in [1.82, 2.24) is 25.1 Å². The molecule has 0 aromatic carbocycles. The van der Waals surface area contributed by atoms with Gasteiger partial charge in [0.15, 0.2) is 5.78 Å². The zero-order chi connectivity index (χ0) is 53.1. The molecule has 1 saturated carbocycles. The second kappa shape index (κ2) is 25.7. The minimum absolute atomic E-state index is 0.0214. The molecule has 69 heavy (non-hydrogen) atoms. The van der Waals surface area contributed by atoms with Crippen LogP contribution in [0.1, 0.15) is 136 Å². The molecule has 4 heterocycles. The number of piperidine rings is 1. The first-order valence-corrected chi connectivity index (χ1v) is 24.8. The van der Waals surface area contributed by atoms with Crippen LogP contribution in [0.2, 0.25) is 0 Å². The summed E-state index contributed by atoms with van der Waals surface area (Å²) in [6.07, 6.45) is 11.1. The number of aliphatic hydroxyl groups is 2. The number of methoxy groups -OCH3 is 3. The van der Waals surface area contributed by atoms with Gasteiger partial charge in [-0.1, -0.05) is 71.1 Å². The van der Waals surface area contributed by atoms with Crippen LogP contribution in [0.5, 0.6) is 0 Å². The molecule has 1 aromatic heterocycles. The molecule has 3 fully saturated rings. The number of Topliss-reactive ketones (excluding diaryl/α,β-unsaturated/α-hetero) is 3. The lowest BCUT2D eigenvalue weighted by Crippen LogP contribution is -2.61. The second-order valence-corrected chi connectivity index (χ2v) is 20.3. The zero-order valence-corrected chi connectivity index (χ0v) is 42.0. The van der Waals surface area contributed by atoms with Gasteiger partial charge in [-0.15, -0.1) is 5.10 Å². The third-order valence-corrected chi connectivity index (χ3v) is 15.0. The second-order valence-electron chi connectivity index (χ2n) is 20.3. The molecular formula is C52H79N5O12. The minimum atomic E-state index is -2.80. The van der Waals surface area contributed by atoms with Gasteiger partial charge in [0.05, 0.1) is 28.5 Å². The molecule has 1 aromatic rings. The summed E-state index contributed by atoms with van der Waals surface area (Å²) >= 11 is 0. The number of nitrogens with zero attached hydrogens (tertiary/aromatic N) is 5. The normalized spacial score (nSPS) is 38.4. The number of ether oxygens (including phenoxy) is 5. The van der Waals surface area contributed by atoms with Gasteiger partial charge in [-0.3, -0.25) is 19.2 Å². The predicted octanol–water partition coefficient (Wildman–Crippen LogP) is 6.05. The van der Waals surface area contributed by atoms with Crippen molar-refractivity contribution >= 4 is 29.2 Å². The number of rotatable bonds is 7. The van der Waals surface area contributed by atoms with Crippen molar-refractivity contribution < 1.29 is 62.0 Å². The fraction of sp³-hybridized carbons (Fsp3) is 0.731. The number of tetrazole rings is 1. The summed E-state index contributed by atoms with van der Waals surface area (Å²) in [5.74, 6) is -8.78. The highest BCUT2D eigenvalue weighted by Crippen LogP contribution is 2.39. The molecule has 2 N–H and O–H groups in total. The minimum Gasteiger partial charge on any atom is -0.460 e. The van der Waals surface area contributed by atoms with E-state index >= 15 is 0 Å². The molecular weight excluding hydrogens is 887 g/mol. The van der Waals surface area contributed by atoms with E-state index in [9.17, 15) is 34.2 Å². The van der Waals surface area contributed by atoms with Gasteiger partial charge in [-0.05, 0) is 117 Å². The van der Waals surface area contributed by atoms with Crippen molar-refractivity contribution in [2.45, 2.75) is 180 Å². The van der Waals surface area contributed by atoms with Crippen molar-refractivity contribution in [1.29, 1.82) is 0 Å². The highest BCUT2D eigenvalue weighted by atomic mass is 16.6. The van der Waals surface area contributed by atoms with Gasteiger partial charge in [-0.2, -0.15) is 0 Å². The van der Waals surface area contributed by atoms with E-state index < -0.39 is 84.8 Å². The fourth-order valence-electron chi connectivity index (χ4n) is 10.6. The monoisotopic (exact) mass is 969 g/mol. The third kappa shape index (κ3) is 14.2. The number of carbonyl (C=O) groups is 5. The van der Waals surface area contributed by atoms with Crippen molar-refractivity contribution in [2.24, 2.45) is 35.5 Å². The lowest BCUT2D eigenvalue weighted by atomic mass is 9.77. The summed E-state index contributed by atoms with van der Waals surface area (Å²) in [5.41, 5.74) is 0.886. The summed E-state index contributed by atoms with van der Waals surface area (Å²) in [6.45, 7) is 12.3. The first-order valence-electron chi connectivity index (χ1n) is 26.3. The smallest absolute Gasteiger partial charge is 0.329 e. The van der Waals surface area contributed by atoms with Crippen LogP contribution in [0.4, 0.5) is 0 Å². The lowest BCUT2D eigenvalue weighted by Gasteiger charge is -2.42. The molecule has 0 spiro atoms. The molecule has 2 saturated heterocycles. The summed E-state index contributed by atoms with van der Waals surface area (Å²) in [7, 11) is 0.196. The average Bonchev–Trinajstić information content (AvgIpc) is 3.88. The van der Waals surface area contributed by atoms with E-state index in [1.165, 1.54) is 7.11 Å². The van der Waals surface area contributed by atoms with Gasteiger partial charge in [0.1, 0.15) is 36.5 Å². The number of hydrogen-bond acceptors (Lipinski definition) is 15. The summed E-state index contributed by atoms with van der Waals surface area (Å²) in [6, 6.07) is -1.29. The van der Waals surface area contributed by atoms with Gasteiger partial charge in [-0.25, -0.2) is 9.48 Å². The van der Waals surface area contributed by atoms with E-state index in [1.807, 2.05) is 26.0 Å². The summed E-state index contributed by atoms with van der Waals surface area (Å²) < 4.78 is 54.8. The van der Waals surface area contributed by atoms with Crippen molar-refractivity contribution in [3.05, 3.63) is 53.9 Å². The van der Waals surface area contributed by atoms with Crippen LogP contribution < -0.4 is 0 Å². The van der Waals surface area contributed by atoms with Crippen LogP contribution in [0.3, 0.4) is 0 Å². The van der Waals surface area contributed by atoms with E-state index in [4.69, 9.17) is 27.8 Å². The number of hydrogen-bond donors (Lipinski definition) is 2. The van der Waals surface area contributed by atoms with Gasteiger partial charge in [0.25, 0.3) is 11.7 Å².